The molecule has 2 aromatic rings. The van der Waals surface area contributed by atoms with E-state index in [2.05, 4.69) is 4.99 Å². The van der Waals surface area contributed by atoms with Crippen LogP contribution in [0.2, 0.25) is 0 Å². The lowest BCUT2D eigenvalue weighted by atomic mass is 10.1. The van der Waals surface area contributed by atoms with E-state index in [-0.39, 0.29) is 6.04 Å². The van der Waals surface area contributed by atoms with Gasteiger partial charge in [-0.3, -0.25) is 9.97 Å². The number of H-pyrrole nitrogens is 2. The van der Waals surface area contributed by atoms with Gasteiger partial charge in [-0.2, -0.15) is 4.99 Å². The minimum atomic E-state index is -0.857. The number of aromatic amines is 2. The summed E-state index contributed by atoms with van der Waals surface area (Å²) < 4.78 is 0.801. The zero-order valence-corrected chi connectivity index (χ0v) is 11.1. The van der Waals surface area contributed by atoms with Crippen LogP contribution < -0.4 is 17.1 Å². The van der Waals surface area contributed by atoms with Gasteiger partial charge in [0.05, 0.1) is 11.7 Å². The van der Waals surface area contributed by atoms with Crippen molar-refractivity contribution in [2.75, 3.05) is 0 Å². The molecule has 0 bridgehead atoms. The highest BCUT2D eigenvalue weighted by Gasteiger charge is 2.09. The number of aromatic nitrogens is 3. The smallest absolute Gasteiger partial charge is 0.258 e. The molecule has 0 aliphatic rings. The predicted octanol–water partition coefficient (Wildman–Crippen LogP) is 0.001000. The van der Waals surface area contributed by atoms with Crippen LogP contribution in [0.1, 0.15) is 24.9 Å². The van der Waals surface area contributed by atoms with E-state index >= 15 is 0 Å². The number of benzene rings is 1. The molecular formula is C13H12N4O4. The van der Waals surface area contributed by atoms with E-state index in [1.165, 1.54) is 18.2 Å². The molecule has 1 unspecified atom stereocenters. The van der Waals surface area contributed by atoms with Gasteiger partial charge >= 0.3 is 17.1 Å². The van der Waals surface area contributed by atoms with Crippen molar-refractivity contribution in [2.45, 2.75) is 19.4 Å². The largest absolute Gasteiger partial charge is 0.338 e. The monoisotopic (exact) mass is 288 g/mol. The minimum absolute atomic E-state index is 0.297. The Hall–Kier alpha value is -2.99. The molecule has 2 rings (SSSR count). The molecule has 0 aliphatic carbocycles. The molecule has 8 nitrogen and oxygen atoms in total. The van der Waals surface area contributed by atoms with E-state index < -0.39 is 17.1 Å². The highest BCUT2D eigenvalue weighted by molar-refractivity contribution is 5.38. The van der Waals surface area contributed by atoms with Gasteiger partial charge in [-0.25, -0.2) is 23.7 Å². The molecule has 0 saturated carbocycles. The van der Waals surface area contributed by atoms with E-state index in [1.54, 1.807) is 12.1 Å². The van der Waals surface area contributed by atoms with Crippen molar-refractivity contribution in [2.24, 2.45) is 4.99 Å². The Morgan fingerprint density at radius 3 is 2.19 bits per heavy atom. The van der Waals surface area contributed by atoms with E-state index in [9.17, 15) is 19.2 Å². The minimum Gasteiger partial charge on any atom is -0.258 e. The van der Waals surface area contributed by atoms with Crippen LogP contribution in [-0.4, -0.2) is 20.6 Å². The van der Waals surface area contributed by atoms with Crippen molar-refractivity contribution in [1.29, 1.82) is 0 Å². The molecule has 1 heterocycles. The van der Waals surface area contributed by atoms with Crippen molar-refractivity contribution in [3.8, 4) is 5.69 Å². The van der Waals surface area contributed by atoms with Crippen LogP contribution in [0.5, 0.6) is 0 Å². The summed E-state index contributed by atoms with van der Waals surface area (Å²) in [6.45, 7) is 1.87. The Labute approximate surface area is 117 Å². The Balaban J connectivity index is 2.49. The van der Waals surface area contributed by atoms with Gasteiger partial charge in [0.25, 0.3) is 0 Å². The number of rotatable bonds is 4. The highest BCUT2D eigenvalue weighted by Crippen LogP contribution is 2.21. The van der Waals surface area contributed by atoms with Gasteiger partial charge in [-0.15, -0.1) is 0 Å². The molecule has 0 amide bonds. The molecule has 0 radical (unpaired) electrons. The average molecular weight is 288 g/mol. The maximum absolute atomic E-state index is 11.7. The van der Waals surface area contributed by atoms with Crippen LogP contribution in [0, 0.1) is 0 Å². The summed E-state index contributed by atoms with van der Waals surface area (Å²) in [4.78, 5) is 52.2. The number of nitrogens with one attached hydrogen (secondary N) is 2. The van der Waals surface area contributed by atoms with Crippen molar-refractivity contribution < 1.29 is 4.79 Å². The molecule has 0 saturated heterocycles. The second kappa shape index (κ2) is 5.98. The van der Waals surface area contributed by atoms with Crippen LogP contribution in [0.3, 0.4) is 0 Å². The van der Waals surface area contributed by atoms with Gasteiger partial charge in [-0.1, -0.05) is 19.1 Å². The van der Waals surface area contributed by atoms with E-state index in [0.717, 1.165) is 10.1 Å². The molecule has 8 heteroatoms. The Kier molecular flexibility index (Phi) is 4.10. The SMILES string of the molecule is CCC(N=C=O)c1ccc(-n2c(=O)[nH]c(=O)[nH]c2=O)cc1. The number of carbonyl (C=O) groups excluding carboxylic acids is 1. The molecule has 1 aromatic carbocycles. The number of nitrogens with zero attached hydrogens (tertiary/aromatic N) is 2. The first-order valence-corrected chi connectivity index (χ1v) is 6.19. The summed E-state index contributed by atoms with van der Waals surface area (Å²) in [5.74, 6) is 0. The lowest BCUT2D eigenvalue weighted by Gasteiger charge is -2.09. The third kappa shape index (κ3) is 2.96. The fourth-order valence-electron chi connectivity index (χ4n) is 1.97. The van der Waals surface area contributed by atoms with Crippen molar-refractivity contribution in [3.63, 3.8) is 0 Å². The molecule has 0 fully saturated rings. The van der Waals surface area contributed by atoms with Gasteiger partial charge in [0.15, 0.2) is 0 Å². The van der Waals surface area contributed by atoms with Gasteiger partial charge < -0.3 is 0 Å². The van der Waals surface area contributed by atoms with Crippen molar-refractivity contribution in [1.82, 2.24) is 14.5 Å². The maximum Gasteiger partial charge on any atom is 0.338 e. The fourth-order valence-corrected chi connectivity index (χ4v) is 1.97. The first-order valence-electron chi connectivity index (χ1n) is 6.19. The summed E-state index contributed by atoms with van der Waals surface area (Å²) in [7, 11) is 0. The summed E-state index contributed by atoms with van der Waals surface area (Å²) in [5, 5.41) is 0. The molecular weight excluding hydrogens is 276 g/mol. The molecule has 21 heavy (non-hydrogen) atoms. The zero-order chi connectivity index (χ0) is 15.4. The quantitative estimate of drug-likeness (QED) is 0.608. The first kappa shape index (κ1) is 14.4. The number of aliphatic imine (C=N–C) groups is 1. The standard InChI is InChI=1S/C13H12N4O4/c1-2-10(14-7-18)8-3-5-9(6-4-8)17-12(20)15-11(19)16-13(17)21/h3-6,10H,2H2,1H3,(H2,15,16,19,20,21). The number of hydrogen-bond donors (Lipinski definition) is 2. The zero-order valence-electron chi connectivity index (χ0n) is 11.1. The molecule has 1 aromatic heterocycles. The second-order valence-corrected chi connectivity index (χ2v) is 4.26. The fraction of sp³-hybridized carbons (Fsp3) is 0.231. The lowest BCUT2D eigenvalue weighted by Crippen LogP contribution is -2.42. The predicted molar refractivity (Wildman–Crippen MR) is 74.4 cm³/mol. The number of hydrogen-bond acceptors (Lipinski definition) is 5. The van der Waals surface area contributed by atoms with Gasteiger partial charge in [0, 0.05) is 0 Å². The maximum atomic E-state index is 11.7. The van der Waals surface area contributed by atoms with Gasteiger partial charge in [-0.05, 0) is 24.1 Å². The van der Waals surface area contributed by atoms with E-state index in [0.29, 0.717) is 12.1 Å². The summed E-state index contributed by atoms with van der Waals surface area (Å²) >= 11 is 0. The third-order valence-corrected chi connectivity index (χ3v) is 2.98. The molecule has 0 spiro atoms. The van der Waals surface area contributed by atoms with Crippen LogP contribution in [0.4, 0.5) is 0 Å². The molecule has 2 N–H and O–H groups in total. The average Bonchev–Trinajstić information content (AvgIpc) is 2.44. The molecule has 108 valence electrons. The Morgan fingerprint density at radius 1 is 1.14 bits per heavy atom. The molecule has 1 atom stereocenters. The van der Waals surface area contributed by atoms with Crippen molar-refractivity contribution >= 4 is 6.08 Å². The summed E-state index contributed by atoms with van der Waals surface area (Å²) in [6, 6.07) is 6.06. The van der Waals surface area contributed by atoms with Crippen LogP contribution in [-0.2, 0) is 4.79 Å². The lowest BCUT2D eigenvalue weighted by molar-refractivity contribution is 0.556. The first-order chi connectivity index (χ1) is 10.1. The number of isocyanates is 1. The van der Waals surface area contributed by atoms with Gasteiger partial charge in [0.2, 0.25) is 6.08 Å². The van der Waals surface area contributed by atoms with E-state index in [4.69, 9.17) is 0 Å². The summed E-state index contributed by atoms with van der Waals surface area (Å²) in [5.41, 5.74) is -1.45. The van der Waals surface area contributed by atoms with Crippen LogP contribution >= 0.6 is 0 Å². The van der Waals surface area contributed by atoms with E-state index in [1.807, 2.05) is 16.9 Å². The Bertz CT molecular complexity index is 819. The highest BCUT2D eigenvalue weighted by atomic mass is 16.2. The Morgan fingerprint density at radius 2 is 1.71 bits per heavy atom. The van der Waals surface area contributed by atoms with Crippen molar-refractivity contribution in [3.05, 3.63) is 61.3 Å². The topological polar surface area (TPSA) is 117 Å². The van der Waals surface area contributed by atoms with Gasteiger partial charge in [0.1, 0.15) is 0 Å². The third-order valence-electron chi connectivity index (χ3n) is 2.98. The molecule has 0 aliphatic heterocycles. The van der Waals surface area contributed by atoms with Crippen LogP contribution in [0.15, 0.2) is 43.6 Å². The second-order valence-electron chi connectivity index (χ2n) is 4.26. The normalized spacial score (nSPS) is 11.7. The van der Waals surface area contributed by atoms with Crippen LogP contribution in [0.25, 0.3) is 5.69 Å². The summed E-state index contributed by atoms with van der Waals surface area (Å²) in [6.07, 6.45) is 2.13.